The Balaban J connectivity index is 2.15. The van der Waals surface area contributed by atoms with Gasteiger partial charge in [-0.1, -0.05) is 24.6 Å². The molecular weight excluding hydrogens is 399 g/mol. The van der Waals surface area contributed by atoms with Crippen LogP contribution in [0.25, 0.3) is 0 Å². The molecule has 1 aliphatic heterocycles. The molecule has 1 fully saturated rings. The maximum absolute atomic E-state index is 15.6. The number of halogens is 2. The number of rotatable bonds is 6. The molecule has 29 heavy (non-hydrogen) atoms. The minimum atomic E-state index is -1.53. The molecule has 2 aromatic rings. The summed E-state index contributed by atoms with van der Waals surface area (Å²) in [7, 11) is 0. The Labute approximate surface area is 173 Å². The van der Waals surface area contributed by atoms with Gasteiger partial charge in [-0.15, -0.1) is 0 Å². The fourth-order valence-electron chi connectivity index (χ4n) is 3.93. The molecule has 5 nitrogen and oxygen atoms in total. The average Bonchev–Trinajstić information content (AvgIpc) is 2.73. The van der Waals surface area contributed by atoms with Gasteiger partial charge in [0, 0.05) is 29.4 Å². The maximum Gasteiger partial charge on any atom is 0.336 e. The largest absolute Gasteiger partial charge is 0.478 e. The second-order valence-corrected chi connectivity index (χ2v) is 7.59. The summed E-state index contributed by atoms with van der Waals surface area (Å²) in [6, 6.07) is 8.23. The SMILES string of the molecule is CCC(O)(c1ccc(C(=O)O)c(C(=O)c2ccc(Cl)cc2)c1F)C1CCOCC1. The van der Waals surface area contributed by atoms with E-state index in [0.717, 1.165) is 0 Å². The van der Waals surface area contributed by atoms with Gasteiger partial charge in [0.05, 0.1) is 16.7 Å². The normalized spacial score (nSPS) is 17.0. The van der Waals surface area contributed by atoms with E-state index in [1.165, 1.54) is 36.4 Å². The van der Waals surface area contributed by atoms with Crippen LogP contribution >= 0.6 is 11.6 Å². The molecule has 0 aromatic heterocycles. The maximum atomic E-state index is 15.6. The zero-order valence-corrected chi connectivity index (χ0v) is 16.7. The number of hydrogen-bond donors (Lipinski definition) is 2. The van der Waals surface area contributed by atoms with Crippen LogP contribution in [0.1, 0.15) is 58.0 Å². The van der Waals surface area contributed by atoms with Gasteiger partial charge in [0.15, 0.2) is 5.78 Å². The van der Waals surface area contributed by atoms with Crippen LogP contribution in [0.15, 0.2) is 36.4 Å². The Bertz CT molecular complexity index is 922. The number of hydrogen-bond acceptors (Lipinski definition) is 4. The fourth-order valence-corrected chi connectivity index (χ4v) is 4.06. The van der Waals surface area contributed by atoms with E-state index < -0.39 is 34.3 Å². The molecule has 2 aromatic carbocycles. The van der Waals surface area contributed by atoms with E-state index in [-0.39, 0.29) is 23.5 Å². The predicted octanol–water partition coefficient (Wildman–Crippen LogP) is 4.43. The van der Waals surface area contributed by atoms with E-state index in [0.29, 0.717) is 31.1 Å². The molecule has 1 unspecified atom stereocenters. The lowest BCUT2D eigenvalue weighted by molar-refractivity contribution is -0.0751. The molecule has 154 valence electrons. The van der Waals surface area contributed by atoms with Crippen molar-refractivity contribution < 1.29 is 28.9 Å². The number of carbonyl (C=O) groups is 2. The molecule has 0 spiro atoms. The van der Waals surface area contributed by atoms with Crippen LogP contribution < -0.4 is 0 Å². The van der Waals surface area contributed by atoms with Crippen molar-refractivity contribution in [3.63, 3.8) is 0 Å². The van der Waals surface area contributed by atoms with Crippen molar-refractivity contribution in [1.82, 2.24) is 0 Å². The van der Waals surface area contributed by atoms with Gasteiger partial charge < -0.3 is 14.9 Å². The predicted molar refractivity (Wildman–Crippen MR) is 106 cm³/mol. The topological polar surface area (TPSA) is 83.8 Å². The summed E-state index contributed by atoms with van der Waals surface area (Å²) in [6.07, 6.45) is 1.31. The summed E-state index contributed by atoms with van der Waals surface area (Å²) in [5, 5.41) is 21.3. The number of ether oxygens (including phenoxy) is 1. The molecule has 1 atom stereocenters. The highest BCUT2D eigenvalue weighted by atomic mass is 35.5. The number of ketones is 1. The molecule has 1 saturated heterocycles. The second kappa shape index (κ2) is 8.61. The minimum Gasteiger partial charge on any atom is -0.478 e. The van der Waals surface area contributed by atoms with Crippen molar-refractivity contribution in [3.8, 4) is 0 Å². The Morgan fingerprint density at radius 3 is 2.34 bits per heavy atom. The first kappa shape index (κ1) is 21.4. The first-order valence-corrected chi connectivity index (χ1v) is 9.84. The Kier molecular flexibility index (Phi) is 6.36. The van der Waals surface area contributed by atoms with Gasteiger partial charge in [-0.3, -0.25) is 4.79 Å². The van der Waals surface area contributed by atoms with Crippen molar-refractivity contribution in [2.75, 3.05) is 13.2 Å². The van der Waals surface area contributed by atoms with Crippen molar-refractivity contribution in [2.45, 2.75) is 31.8 Å². The molecule has 1 aliphatic rings. The number of aromatic carboxylic acids is 1. The lowest BCUT2D eigenvalue weighted by Crippen LogP contribution is -2.39. The van der Waals surface area contributed by atoms with Crippen molar-refractivity contribution in [3.05, 3.63) is 69.5 Å². The molecule has 0 radical (unpaired) electrons. The van der Waals surface area contributed by atoms with Gasteiger partial charge in [-0.25, -0.2) is 9.18 Å². The molecular formula is C22H22ClFO5. The van der Waals surface area contributed by atoms with E-state index in [4.69, 9.17) is 16.3 Å². The molecule has 7 heteroatoms. The fraction of sp³-hybridized carbons (Fsp3) is 0.364. The number of aliphatic hydroxyl groups is 1. The molecule has 0 bridgehead atoms. The summed E-state index contributed by atoms with van der Waals surface area (Å²) < 4.78 is 21.0. The van der Waals surface area contributed by atoms with Gasteiger partial charge in [-0.05, 0) is 55.5 Å². The molecule has 3 rings (SSSR count). The highest BCUT2D eigenvalue weighted by Gasteiger charge is 2.41. The third-order valence-corrected chi connectivity index (χ3v) is 5.86. The lowest BCUT2D eigenvalue weighted by atomic mass is 9.74. The minimum absolute atomic E-state index is 0.0609. The quantitative estimate of drug-likeness (QED) is 0.675. The summed E-state index contributed by atoms with van der Waals surface area (Å²) in [4.78, 5) is 24.7. The number of carboxylic acids is 1. The van der Waals surface area contributed by atoms with Gasteiger partial charge in [0.1, 0.15) is 5.82 Å². The third kappa shape index (κ3) is 4.06. The summed E-state index contributed by atoms with van der Waals surface area (Å²) >= 11 is 5.84. The van der Waals surface area contributed by atoms with Gasteiger partial charge in [-0.2, -0.15) is 0 Å². The monoisotopic (exact) mass is 420 g/mol. The van der Waals surface area contributed by atoms with Gasteiger partial charge in [0.25, 0.3) is 0 Å². The number of carbonyl (C=O) groups excluding carboxylic acids is 1. The highest BCUT2D eigenvalue weighted by Crippen LogP contribution is 2.41. The summed E-state index contributed by atoms with van der Waals surface area (Å²) in [6.45, 7) is 2.65. The molecule has 2 N–H and O–H groups in total. The van der Waals surface area contributed by atoms with Gasteiger partial charge in [0.2, 0.25) is 0 Å². The lowest BCUT2D eigenvalue weighted by Gasteiger charge is -2.38. The zero-order chi connectivity index (χ0) is 21.2. The second-order valence-electron chi connectivity index (χ2n) is 7.16. The molecule has 0 saturated carbocycles. The van der Waals surface area contributed by atoms with Crippen LogP contribution in [0.5, 0.6) is 0 Å². The number of carboxylic acid groups (broad SMARTS) is 1. The first-order chi connectivity index (χ1) is 13.8. The molecule has 0 amide bonds. The highest BCUT2D eigenvalue weighted by molar-refractivity contribution is 6.30. The Hall–Kier alpha value is -2.28. The van der Waals surface area contributed by atoms with E-state index in [1.54, 1.807) is 6.92 Å². The van der Waals surface area contributed by atoms with E-state index in [2.05, 4.69) is 0 Å². The van der Waals surface area contributed by atoms with Crippen LogP contribution in [0, 0.1) is 11.7 Å². The number of benzene rings is 2. The van der Waals surface area contributed by atoms with Crippen LogP contribution in [0.4, 0.5) is 4.39 Å². The average molecular weight is 421 g/mol. The van der Waals surface area contributed by atoms with Crippen molar-refractivity contribution in [1.29, 1.82) is 0 Å². The smallest absolute Gasteiger partial charge is 0.336 e. The standard InChI is InChI=1S/C22H22ClFO5/c1-2-22(28,14-9-11-29-12-10-14)17-8-7-16(21(26)27)18(19(17)24)20(25)13-3-5-15(23)6-4-13/h3-8,14,28H,2,9-12H2,1H3,(H,26,27). The molecule has 1 heterocycles. The van der Waals surface area contributed by atoms with E-state index >= 15 is 4.39 Å². The third-order valence-electron chi connectivity index (χ3n) is 5.61. The Morgan fingerprint density at radius 2 is 1.79 bits per heavy atom. The van der Waals surface area contributed by atoms with E-state index in [1.807, 2.05) is 0 Å². The van der Waals surface area contributed by atoms with Crippen LogP contribution in [-0.4, -0.2) is 35.2 Å². The summed E-state index contributed by atoms with van der Waals surface area (Å²) in [5.74, 6) is -3.45. The summed E-state index contributed by atoms with van der Waals surface area (Å²) in [5.41, 5.74) is -2.49. The van der Waals surface area contributed by atoms with Crippen LogP contribution in [0.3, 0.4) is 0 Å². The van der Waals surface area contributed by atoms with Crippen LogP contribution in [-0.2, 0) is 10.3 Å². The van der Waals surface area contributed by atoms with Gasteiger partial charge >= 0.3 is 5.97 Å². The Morgan fingerprint density at radius 1 is 1.17 bits per heavy atom. The van der Waals surface area contributed by atoms with Crippen molar-refractivity contribution in [2.24, 2.45) is 5.92 Å². The van der Waals surface area contributed by atoms with E-state index in [9.17, 15) is 19.8 Å². The van der Waals surface area contributed by atoms with Crippen LogP contribution in [0.2, 0.25) is 5.02 Å². The zero-order valence-electron chi connectivity index (χ0n) is 16.0. The molecule has 0 aliphatic carbocycles. The first-order valence-electron chi connectivity index (χ1n) is 9.46. The van der Waals surface area contributed by atoms with Crippen molar-refractivity contribution >= 4 is 23.4 Å².